The number of alkyl halides is 2. The molecule has 1 saturated carbocycles. The molecule has 0 aromatic rings. The third-order valence-corrected chi connectivity index (χ3v) is 2.69. The Kier molecular flexibility index (Phi) is 3.44. The first-order valence-corrected chi connectivity index (χ1v) is 4.55. The molecule has 0 aliphatic heterocycles. The van der Waals surface area contributed by atoms with E-state index in [1.807, 2.05) is 0 Å². The van der Waals surface area contributed by atoms with Crippen LogP contribution in [0.25, 0.3) is 0 Å². The maximum Gasteiger partial charge on any atom is 0.239 e. The lowest BCUT2D eigenvalue weighted by Gasteiger charge is -2.31. The zero-order valence-corrected chi connectivity index (χ0v) is 7.34. The minimum Gasteiger partial charge on any atom is -0.393 e. The van der Waals surface area contributed by atoms with Crippen LogP contribution in [0.15, 0.2) is 0 Å². The minimum atomic E-state index is -2.27. The third kappa shape index (κ3) is 2.70. The molecule has 0 aromatic heterocycles. The molecule has 0 amide bonds. The zero-order chi connectivity index (χ0) is 9.14. The Balaban J connectivity index is 2.38. The van der Waals surface area contributed by atoms with Crippen molar-refractivity contribution in [3.8, 4) is 0 Å². The van der Waals surface area contributed by atoms with Crippen molar-refractivity contribution >= 4 is 0 Å². The lowest BCUT2D eigenvalue weighted by Crippen LogP contribution is -2.29. The molecule has 3 unspecified atom stereocenters. The van der Waals surface area contributed by atoms with E-state index in [-0.39, 0.29) is 12.3 Å². The van der Waals surface area contributed by atoms with Crippen molar-refractivity contribution in [2.24, 2.45) is 11.8 Å². The fraction of sp³-hybridized carbons (Fsp3) is 1.00. The standard InChI is InChI=1S/C9H16F2O/c1-6-2-3-8(12)7(4-6)5-9(10)11/h6-9,12H,2-5H2,1H3. The summed E-state index contributed by atoms with van der Waals surface area (Å²) in [4.78, 5) is 0. The van der Waals surface area contributed by atoms with Crippen LogP contribution in [-0.2, 0) is 0 Å². The summed E-state index contributed by atoms with van der Waals surface area (Å²) < 4.78 is 24.0. The molecule has 0 radical (unpaired) electrons. The summed E-state index contributed by atoms with van der Waals surface area (Å²) in [6.07, 6.45) is -0.471. The van der Waals surface area contributed by atoms with E-state index >= 15 is 0 Å². The molecular formula is C9H16F2O. The van der Waals surface area contributed by atoms with Crippen molar-refractivity contribution in [3.05, 3.63) is 0 Å². The molecule has 1 rings (SSSR count). The summed E-state index contributed by atoms with van der Waals surface area (Å²) in [5, 5.41) is 9.40. The van der Waals surface area contributed by atoms with Gasteiger partial charge >= 0.3 is 0 Å². The first-order chi connectivity index (χ1) is 5.59. The van der Waals surface area contributed by atoms with Crippen molar-refractivity contribution in [3.63, 3.8) is 0 Å². The van der Waals surface area contributed by atoms with Crippen LogP contribution in [0.5, 0.6) is 0 Å². The molecule has 3 atom stereocenters. The van der Waals surface area contributed by atoms with Crippen LogP contribution >= 0.6 is 0 Å². The Labute approximate surface area is 71.8 Å². The van der Waals surface area contributed by atoms with Gasteiger partial charge in [0.15, 0.2) is 0 Å². The van der Waals surface area contributed by atoms with Crippen LogP contribution in [0.4, 0.5) is 8.78 Å². The average molecular weight is 178 g/mol. The monoisotopic (exact) mass is 178 g/mol. The van der Waals surface area contributed by atoms with E-state index in [2.05, 4.69) is 6.92 Å². The topological polar surface area (TPSA) is 20.2 Å². The molecule has 1 aliphatic carbocycles. The van der Waals surface area contributed by atoms with E-state index in [0.717, 1.165) is 12.8 Å². The van der Waals surface area contributed by atoms with E-state index in [0.29, 0.717) is 12.3 Å². The molecule has 0 saturated heterocycles. The lowest BCUT2D eigenvalue weighted by molar-refractivity contribution is 0.0106. The quantitative estimate of drug-likeness (QED) is 0.688. The van der Waals surface area contributed by atoms with E-state index in [1.54, 1.807) is 0 Å². The van der Waals surface area contributed by atoms with Gasteiger partial charge in [0.1, 0.15) is 0 Å². The fourth-order valence-corrected chi connectivity index (χ4v) is 1.96. The maximum atomic E-state index is 12.0. The molecule has 12 heavy (non-hydrogen) atoms. The molecule has 0 heterocycles. The molecule has 3 heteroatoms. The average Bonchev–Trinajstić information content (AvgIpc) is 1.96. The molecule has 1 fully saturated rings. The number of aliphatic hydroxyl groups excluding tert-OH is 1. The highest BCUT2D eigenvalue weighted by Gasteiger charge is 2.28. The summed E-state index contributed by atoms with van der Waals surface area (Å²) in [5.41, 5.74) is 0. The van der Waals surface area contributed by atoms with Crippen LogP contribution in [0.1, 0.15) is 32.6 Å². The number of halogens is 2. The minimum absolute atomic E-state index is 0.133. The Morgan fingerprint density at radius 1 is 1.42 bits per heavy atom. The molecular weight excluding hydrogens is 162 g/mol. The van der Waals surface area contributed by atoms with Crippen molar-refractivity contribution in [2.75, 3.05) is 0 Å². The first-order valence-electron chi connectivity index (χ1n) is 4.55. The largest absolute Gasteiger partial charge is 0.393 e. The van der Waals surface area contributed by atoms with Crippen LogP contribution in [-0.4, -0.2) is 17.6 Å². The number of hydrogen-bond acceptors (Lipinski definition) is 1. The first kappa shape index (κ1) is 9.90. The van der Waals surface area contributed by atoms with Gasteiger partial charge < -0.3 is 5.11 Å². The van der Waals surface area contributed by atoms with Gasteiger partial charge in [-0.1, -0.05) is 6.92 Å². The molecule has 0 bridgehead atoms. The van der Waals surface area contributed by atoms with Crippen LogP contribution in [0.3, 0.4) is 0 Å². The molecule has 1 nitrogen and oxygen atoms in total. The van der Waals surface area contributed by atoms with Crippen LogP contribution < -0.4 is 0 Å². The Morgan fingerprint density at radius 2 is 2.08 bits per heavy atom. The van der Waals surface area contributed by atoms with Crippen molar-refractivity contribution in [1.29, 1.82) is 0 Å². The van der Waals surface area contributed by atoms with Gasteiger partial charge in [-0.15, -0.1) is 0 Å². The highest BCUT2D eigenvalue weighted by molar-refractivity contribution is 4.78. The van der Waals surface area contributed by atoms with Crippen LogP contribution in [0, 0.1) is 11.8 Å². The lowest BCUT2D eigenvalue weighted by atomic mass is 9.79. The van der Waals surface area contributed by atoms with Crippen molar-refractivity contribution < 1.29 is 13.9 Å². The van der Waals surface area contributed by atoms with Gasteiger partial charge in [-0.3, -0.25) is 0 Å². The van der Waals surface area contributed by atoms with E-state index in [4.69, 9.17) is 0 Å². The Hall–Kier alpha value is -0.180. The van der Waals surface area contributed by atoms with Gasteiger partial charge in [0.25, 0.3) is 0 Å². The van der Waals surface area contributed by atoms with Gasteiger partial charge in [0, 0.05) is 6.42 Å². The predicted molar refractivity (Wildman–Crippen MR) is 43.1 cm³/mol. The fourth-order valence-electron chi connectivity index (χ4n) is 1.96. The van der Waals surface area contributed by atoms with E-state index < -0.39 is 12.5 Å². The normalized spacial score (nSPS) is 37.2. The molecule has 72 valence electrons. The number of hydrogen-bond donors (Lipinski definition) is 1. The van der Waals surface area contributed by atoms with Gasteiger partial charge in [0.2, 0.25) is 6.43 Å². The summed E-state index contributed by atoms with van der Waals surface area (Å²) in [5.74, 6) is 0.325. The Bertz CT molecular complexity index is 136. The smallest absolute Gasteiger partial charge is 0.239 e. The second kappa shape index (κ2) is 4.17. The predicted octanol–water partition coefficient (Wildman–Crippen LogP) is 2.44. The molecule has 1 N–H and O–H groups in total. The van der Waals surface area contributed by atoms with E-state index in [1.165, 1.54) is 0 Å². The summed E-state index contributed by atoms with van der Waals surface area (Å²) in [7, 11) is 0. The zero-order valence-electron chi connectivity index (χ0n) is 7.34. The molecule has 0 aromatic carbocycles. The summed E-state index contributed by atoms with van der Waals surface area (Å²) in [6, 6.07) is 0. The highest BCUT2D eigenvalue weighted by Crippen LogP contribution is 2.32. The molecule has 0 spiro atoms. The third-order valence-electron chi connectivity index (χ3n) is 2.69. The Morgan fingerprint density at radius 3 is 2.67 bits per heavy atom. The van der Waals surface area contributed by atoms with Crippen molar-refractivity contribution in [1.82, 2.24) is 0 Å². The van der Waals surface area contributed by atoms with Crippen molar-refractivity contribution in [2.45, 2.75) is 45.1 Å². The van der Waals surface area contributed by atoms with Gasteiger partial charge in [-0.2, -0.15) is 0 Å². The summed E-state index contributed by atoms with van der Waals surface area (Å²) >= 11 is 0. The van der Waals surface area contributed by atoms with Gasteiger partial charge in [0.05, 0.1) is 6.10 Å². The molecule has 1 aliphatic rings. The second-order valence-electron chi connectivity index (χ2n) is 3.87. The SMILES string of the molecule is CC1CCC(O)C(CC(F)F)C1. The maximum absolute atomic E-state index is 12.0. The van der Waals surface area contributed by atoms with Crippen LogP contribution in [0.2, 0.25) is 0 Å². The van der Waals surface area contributed by atoms with Gasteiger partial charge in [-0.05, 0) is 31.1 Å². The van der Waals surface area contributed by atoms with E-state index in [9.17, 15) is 13.9 Å². The van der Waals surface area contributed by atoms with Gasteiger partial charge in [-0.25, -0.2) is 8.78 Å². The number of rotatable bonds is 2. The highest BCUT2D eigenvalue weighted by atomic mass is 19.3. The summed E-state index contributed by atoms with van der Waals surface area (Å²) in [6.45, 7) is 2.06. The second-order valence-corrected chi connectivity index (χ2v) is 3.87. The number of aliphatic hydroxyl groups is 1.